The van der Waals surface area contributed by atoms with Gasteiger partial charge in [0.1, 0.15) is 5.75 Å². The molecule has 0 aliphatic heterocycles. The van der Waals surface area contributed by atoms with Crippen LogP contribution in [0.25, 0.3) is 11.0 Å². The molecule has 0 radical (unpaired) electrons. The minimum absolute atomic E-state index is 0.349. The summed E-state index contributed by atoms with van der Waals surface area (Å²) in [4.78, 5) is 4.45. The van der Waals surface area contributed by atoms with Gasteiger partial charge in [0, 0.05) is 17.4 Å². The molecule has 1 saturated carbocycles. The minimum Gasteiger partial charge on any atom is -0.497 e. The van der Waals surface area contributed by atoms with Crippen molar-refractivity contribution in [1.29, 1.82) is 0 Å². The van der Waals surface area contributed by atoms with Crippen LogP contribution in [0.2, 0.25) is 0 Å². The fourth-order valence-electron chi connectivity index (χ4n) is 2.71. The van der Waals surface area contributed by atoms with E-state index in [1.807, 2.05) is 30.0 Å². The lowest BCUT2D eigenvalue weighted by atomic mass is 9.84. The Morgan fingerprint density at radius 2 is 2.26 bits per heavy atom. The Hall–Kier alpha value is -1.36. The maximum Gasteiger partial charge on any atom is 0.201 e. The lowest BCUT2D eigenvalue weighted by molar-refractivity contribution is 0.326. The molecular weight excluding hydrogens is 258 g/mol. The zero-order valence-electron chi connectivity index (χ0n) is 11.3. The summed E-state index contributed by atoms with van der Waals surface area (Å²) in [7, 11) is 1.67. The van der Waals surface area contributed by atoms with Crippen LogP contribution in [0, 0.1) is 0 Å². The van der Waals surface area contributed by atoms with Crippen LogP contribution in [0.4, 0.5) is 5.95 Å². The van der Waals surface area contributed by atoms with Crippen molar-refractivity contribution in [2.75, 3.05) is 19.1 Å². The quantitative estimate of drug-likeness (QED) is 0.933. The van der Waals surface area contributed by atoms with Gasteiger partial charge in [-0.25, -0.2) is 4.98 Å². The predicted molar refractivity (Wildman–Crippen MR) is 80.8 cm³/mol. The summed E-state index contributed by atoms with van der Waals surface area (Å²) in [5.74, 6) is 1.42. The molecule has 1 aliphatic rings. The van der Waals surface area contributed by atoms with E-state index in [0.717, 1.165) is 23.3 Å². The van der Waals surface area contributed by atoms with Gasteiger partial charge < -0.3 is 15.0 Å². The highest BCUT2D eigenvalue weighted by molar-refractivity contribution is 8.00. The number of nitrogens with zero attached hydrogens (tertiary/aromatic N) is 2. The highest BCUT2D eigenvalue weighted by atomic mass is 32.2. The number of hydrogen-bond acceptors (Lipinski definition) is 4. The first-order valence-electron chi connectivity index (χ1n) is 6.52. The third-order valence-electron chi connectivity index (χ3n) is 4.13. The molecule has 1 aromatic carbocycles. The molecule has 1 aliphatic carbocycles. The minimum atomic E-state index is 0.349. The summed E-state index contributed by atoms with van der Waals surface area (Å²) >= 11 is 1.95. The molecule has 5 heteroatoms. The SMILES string of the molecule is COc1ccc2c(c1)nc(N)n2CC1(SC)CCC1. The van der Waals surface area contributed by atoms with Crippen molar-refractivity contribution in [2.45, 2.75) is 30.6 Å². The number of benzene rings is 1. The van der Waals surface area contributed by atoms with E-state index in [2.05, 4.69) is 15.8 Å². The van der Waals surface area contributed by atoms with Gasteiger partial charge in [0.25, 0.3) is 0 Å². The van der Waals surface area contributed by atoms with E-state index < -0.39 is 0 Å². The summed E-state index contributed by atoms with van der Waals surface area (Å²) in [5, 5.41) is 0. The maximum atomic E-state index is 6.09. The molecule has 0 saturated heterocycles. The van der Waals surface area contributed by atoms with Gasteiger partial charge in [0.15, 0.2) is 0 Å². The van der Waals surface area contributed by atoms with Crippen molar-refractivity contribution in [2.24, 2.45) is 0 Å². The molecule has 2 aromatic rings. The van der Waals surface area contributed by atoms with Crippen LogP contribution in [0.5, 0.6) is 5.75 Å². The fraction of sp³-hybridized carbons (Fsp3) is 0.500. The Kier molecular flexibility index (Phi) is 3.09. The number of fused-ring (bicyclic) bond motifs is 1. The van der Waals surface area contributed by atoms with E-state index in [4.69, 9.17) is 10.5 Å². The number of methoxy groups -OCH3 is 1. The lowest BCUT2D eigenvalue weighted by Crippen LogP contribution is -2.38. The van der Waals surface area contributed by atoms with E-state index >= 15 is 0 Å². The third-order valence-corrected chi connectivity index (χ3v) is 5.53. The number of hydrogen-bond donors (Lipinski definition) is 1. The third kappa shape index (κ3) is 2.06. The van der Waals surface area contributed by atoms with Crippen molar-refractivity contribution in [3.63, 3.8) is 0 Å². The summed E-state index contributed by atoms with van der Waals surface area (Å²) in [6.45, 7) is 0.947. The van der Waals surface area contributed by atoms with Crippen molar-refractivity contribution >= 4 is 28.7 Å². The predicted octanol–water partition coefficient (Wildman–Crippen LogP) is 2.91. The molecule has 0 atom stereocenters. The van der Waals surface area contributed by atoms with Crippen LogP contribution in [-0.4, -0.2) is 27.7 Å². The van der Waals surface area contributed by atoms with E-state index in [1.165, 1.54) is 19.3 Å². The first-order valence-corrected chi connectivity index (χ1v) is 7.75. The molecule has 2 N–H and O–H groups in total. The van der Waals surface area contributed by atoms with Crippen molar-refractivity contribution in [3.8, 4) is 5.75 Å². The second-order valence-corrected chi connectivity index (χ2v) is 6.43. The monoisotopic (exact) mass is 277 g/mol. The van der Waals surface area contributed by atoms with Crippen molar-refractivity contribution in [1.82, 2.24) is 9.55 Å². The molecule has 1 aromatic heterocycles. The number of aromatic nitrogens is 2. The van der Waals surface area contributed by atoms with Gasteiger partial charge in [0.05, 0.1) is 18.1 Å². The number of rotatable bonds is 4. The number of thioether (sulfide) groups is 1. The molecule has 1 fully saturated rings. The zero-order chi connectivity index (χ0) is 13.5. The topological polar surface area (TPSA) is 53.1 Å². The van der Waals surface area contributed by atoms with E-state index in [-0.39, 0.29) is 0 Å². The Bertz CT molecular complexity index is 598. The molecule has 1 heterocycles. The van der Waals surface area contributed by atoms with Gasteiger partial charge in [-0.05, 0) is 31.2 Å². The maximum absolute atomic E-state index is 6.09. The standard InChI is InChI=1S/C14H19N3OS/c1-18-10-4-5-12-11(8-10)16-13(15)17(12)9-14(19-2)6-3-7-14/h4-5,8H,3,6-7,9H2,1-2H3,(H2,15,16). The van der Waals surface area contributed by atoms with Gasteiger partial charge in [0.2, 0.25) is 5.95 Å². The number of anilines is 1. The number of nitrogen functional groups attached to an aromatic ring is 1. The van der Waals surface area contributed by atoms with Crippen LogP contribution in [0.3, 0.4) is 0 Å². The highest BCUT2D eigenvalue weighted by Gasteiger charge is 2.37. The van der Waals surface area contributed by atoms with E-state index in [1.54, 1.807) is 7.11 Å². The Labute approximate surface area is 117 Å². The molecule has 4 nitrogen and oxygen atoms in total. The summed E-state index contributed by atoms with van der Waals surface area (Å²) < 4.78 is 7.72. The molecule has 3 rings (SSSR count). The van der Waals surface area contributed by atoms with Crippen LogP contribution in [0.1, 0.15) is 19.3 Å². The first kappa shape index (κ1) is 12.7. The first-order chi connectivity index (χ1) is 9.17. The Balaban J connectivity index is 2.01. The average Bonchev–Trinajstić information content (AvgIpc) is 2.68. The second-order valence-electron chi connectivity index (χ2n) is 5.15. The smallest absolute Gasteiger partial charge is 0.201 e. The average molecular weight is 277 g/mol. The van der Waals surface area contributed by atoms with Gasteiger partial charge in [-0.2, -0.15) is 11.8 Å². The summed E-state index contributed by atoms with van der Waals surface area (Å²) in [6, 6.07) is 5.95. The number of imidazole rings is 1. The molecular formula is C14H19N3OS. The van der Waals surface area contributed by atoms with Gasteiger partial charge in [-0.1, -0.05) is 6.42 Å². The zero-order valence-corrected chi connectivity index (χ0v) is 12.2. The van der Waals surface area contributed by atoms with E-state index in [9.17, 15) is 0 Å². The van der Waals surface area contributed by atoms with Crippen molar-refractivity contribution in [3.05, 3.63) is 18.2 Å². The van der Waals surface area contributed by atoms with Gasteiger partial charge in [-0.3, -0.25) is 0 Å². The molecule has 0 amide bonds. The number of ether oxygens (including phenoxy) is 1. The van der Waals surface area contributed by atoms with Crippen LogP contribution >= 0.6 is 11.8 Å². The highest BCUT2D eigenvalue weighted by Crippen LogP contribution is 2.45. The Morgan fingerprint density at radius 1 is 1.47 bits per heavy atom. The second kappa shape index (κ2) is 4.63. The molecule has 0 unspecified atom stereocenters. The molecule has 0 bridgehead atoms. The van der Waals surface area contributed by atoms with Crippen LogP contribution < -0.4 is 10.5 Å². The van der Waals surface area contributed by atoms with Crippen LogP contribution in [0.15, 0.2) is 18.2 Å². The van der Waals surface area contributed by atoms with E-state index in [0.29, 0.717) is 10.7 Å². The van der Waals surface area contributed by atoms with Gasteiger partial charge >= 0.3 is 0 Å². The van der Waals surface area contributed by atoms with Crippen LogP contribution in [-0.2, 0) is 6.54 Å². The largest absolute Gasteiger partial charge is 0.497 e. The molecule has 19 heavy (non-hydrogen) atoms. The normalized spacial score (nSPS) is 17.4. The lowest BCUT2D eigenvalue weighted by Gasteiger charge is -2.40. The molecule has 0 spiro atoms. The summed E-state index contributed by atoms with van der Waals surface area (Å²) in [6.07, 6.45) is 6.05. The molecule has 102 valence electrons. The summed E-state index contributed by atoms with van der Waals surface area (Å²) in [5.41, 5.74) is 8.09. The fourth-order valence-corrected chi connectivity index (χ4v) is 3.66. The number of nitrogens with two attached hydrogens (primary N) is 1. The van der Waals surface area contributed by atoms with Gasteiger partial charge in [-0.15, -0.1) is 0 Å². The van der Waals surface area contributed by atoms with Crippen molar-refractivity contribution < 1.29 is 4.74 Å². The Morgan fingerprint density at radius 3 is 2.84 bits per heavy atom.